The van der Waals surface area contributed by atoms with E-state index in [2.05, 4.69) is 4.98 Å². The number of carboxylic acid groups (broad SMARTS) is 1. The quantitative estimate of drug-likeness (QED) is 0.654. The molecule has 3 nitrogen and oxygen atoms in total. The second kappa shape index (κ2) is 8.45. The molecule has 58 valence electrons. The van der Waals surface area contributed by atoms with Gasteiger partial charge in [0.15, 0.2) is 0 Å². The monoisotopic (exact) mass is 179 g/mol. The van der Waals surface area contributed by atoms with Crippen LogP contribution in [0.4, 0.5) is 0 Å². The molecule has 0 aromatic carbocycles. The molecule has 1 aromatic heterocycles. The highest BCUT2D eigenvalue weighted by molar-refractivity contribution is 7.59. The van der Waals surface area contributed by atoms with Gasteiger partial charge >= 0.3 is 0 Å². The molecule has 0 atom stereocenters. The standard InChI is InChI=1S/C3H3NS.C2H4O2.H2S/c1-2-5-3-4-1;1-2(3)4;/h1-3H;1H3,(H,3,4);1H2. The van der Waals surface area contributed by atoms with E-state index in [0.29, 0.717) is 0 Å². The molecule has 1 aromatic rings. The summed E-state index contributed by atoms with van der Waals surface area (Å²) in [6.45, 7) is 1.08. The number of carbonyl (C=O) groups is 1. The minimum absolute atomic E-state index is 0. The summed E-state index contributed by atoms with van der Waals surface area (Å²) in [6, 6.07) is 0. The Morgan fingerprint density at radius 3 is 2.30 bits per heavy atom. The highest BCUT2D eigenvalue weighted by Gasteiger charge is 1.65. The lowest BCUT2D eigenvalue weighted by molar-refractivity contribution is -0.134. The lowest BCUT2D eigenvalue weighted by atomic mass is 10.9. The molecule has 0 unspecified atom stereocenters. The molecule has 10 heavy (non-hydrogen) atoms. The van der Waals surface area contributed by atoms with Crippen molar-refractivity contribution in [3.05, 3.63) is 17.1 Å². The van der Waals surface area contributed by atoms with E-state index in [4.69, 9.17) is 9.90 Å². The largest absolute Gasteiger partial charge is 0.481 e. The molecule has 0 saturated carbocycles. The van der Waals surface area contributed by atoms with Crippen molar-refractivity contribution in [2.75, 3.05) is 0 Å². The third kappa shape index (κ3) is 15.7. The number of aliphatic carboxylic acids is 1. The van der Waals surface area contributed by atoms with Crippen LogP contribution in [-0.4, -0.2) is 16.1 Å². The van der Waals surface area contributed by atoms with E-state index in [-0.39, 0.29) is 13.5 Å². The van der Waals surface area contributed by atoms with Gasteiger partial charge in [0.25, 0.3) is 5.97 Å². The average Bonchev–Trinajstić information content (AvgIpc) is 2.11. The van der Waals surface area contributed by atoms with Gasteiger partial charge in [-0.1, -0.05) is 0 Å². The molecule has 1 rings (SSSR count). The van der Waals surface area contributed by atoms with Crippen LogP contribution in [0.5, 0.6) is 0 Å². The lowest BCUT2D eigenvalue weighted by Crippen LogP contribution is -1.78. The molecule has 0 fully saturated rings. The van der Waals surface area contributed by atoms with Crippen LogP contribution in [0.3, 0.4) is 0 Å². The van der Waals surface area contributed by atoms with Gasteiger partial charge < -0.3 is 5.11 Å². The second-order valence-corrected chi connectivity index (χ2v) is 1.95. The first-order valence-corrected chi connectivity index (χ1v) is 3.19. The van der Waals surface area contributed by atoms with Crippen LogP contribution in [0.2, 0.25) is 0 Å². The van der Waals surface area contributed by atoms with Crippen molar-refractivity contribution in [2.24, 2.45) is 0 Å². The summed E-state index contributed by atoms with van der Waals surface area (Å²) in [7, 11) is 0. The third-order valence-corrected chi connectivity index (χ3v) is 0.869. The van der Waals surface area contributed by atoms with Gasteiger partial charge in [0.2, 0.25) is 0 Å². The zero-order valence-corrected chi connectivity index (χ0v) is 7.26. The maximum Gasteiger partial charge on any atom is 0.300 e. The first-order valence-electron chi connectivity index (χ1n) is 2.25. The predicted octanol–water partition coefficient (Wildman–Crippen LogP) is 1.35. The molecule has 0 amide bonds. The summed E-state index contributed by atoms with van der Waals surface area (Å²) in [5.74, 6) is -0.833. The van der Waals surface area contributed by atoms with Gasteiger partial charge in [0.1, 0.15) is 0 Å². The molecule has 0 saturated heterocycles. The molecular weight excluding hydrogens is 170 g/mol. The number of nitrogens with zero attached hydrogens (tertiary/aromatic N) is 1. The summed E-state index contributed by atoms with van der Waals surface area (Å²) in [5.41, 5.74) is 1.79. The van der Waals surface area contributed by atoms with E-state index in [1.165, 1.54) is 0 Å². The van der Waals surface area contributed by atoms with Crippen LogP contribution < -0.4 is 0 Å². The molecule has 1 N–H and O–H groups in total. The number of aromatic nitrogens is 1. The van der Waals surface area contributed by atoms with Crippen LogP contribution in [0, 0.1) is 0 Å². The van der Waals surface area contributed by atoms with Gasteiger partial charge in [-0.05, 0) is 0 Å². The van der Waals surface area contributed by atoms with Crippen LogP contribution in [0.25, 0.3) is 0 Å². The molecule has 0 bridgehead atoms. The van der Waals surface area contributed by atoms with E-state index in [1.807, 2.05) is 5.38 Å². The highest BCUT2D eigenvalue weighted by Crippen LogP contribution is 1.85. The summed E-state index contributed by atoms with van der Waals surface area (Å²) < 4.78 is 0. The van der Waals surface area contributed by atoms with E-state index < -0.39 is 5.97 Å². The van der Waals surface area contributed by atoms with E-state index in [0.717, 1.165) is 6.92 Å². The fraction of sp³-hybridized carbons (Fsp3) is 0.200. The zero-order valence-electron chi connectivity index (χ0n) is 5.44. The molecule has 0 radical (unpaired) electrons. The van der Waals surface area contributed by atoms with Crippen molar-refractivity contribution < 1.29 is 9.90 Å². The Hall–Kier alpha value is -0.550. The van der Waals surface area contributed by atoms with Crippen molar-refractivity contribution >= 4 is 30.8 Å². The van der Waals surface area contributed by atoms with Crippen LogP contribution in [0.1, 0.15) is 6.92 Å². The Kier molecular flexibility index (Phi) is 10.3. The van der Waals surface area contributed by atoms with Crippen LogP contribution in [0.15, 0.2) is 17.1 Å². The number of carboxylic acids is 1. The SMILES string of the molecule is CC(=O)O.S.c1cscn1. The van der Waals surface area contributed by atoms with E-state index in [1.54, 1.807) is 23.0 Å². The second-order valence-electron chi connectivity index (χ2n) is 1.19. The molecule has 0 aliphatic rings. The number of hydrogen-bond donors (Lipinski definition) is 1. The summed E-state index contributed by atoms with van der Waals surface area (Å²) in [4.78, 5) is 12.7. The van der Waals surface area contributed by atoms with Gasteiger partial charge in [0.05, 0.1) is 5.51 Å². The lowest BCUT2D eigenvalue weighted by Gasteiger charge is -1.59. The van der Waals surface area contributed by atoms with E-state index in [9.17, 15) is 0 Å². The minimum atomic E-state index is -0.833. The Morgan fingerprint density at radius 2 is 2.20 bits per heavy atom. The van der Waals surface area contributed by atoms with Gasteiger partial charge in [0, 0.05) is 18.5 Å². The molecule has 1 heterocycles. The Balaban J connectivity index is 0. The number of thiazole rings is 1. The zero-order chi connectivity index (χ0) is 7.11. The van der Waals surface area contributed by atoms with Crippen molar-refractivity contribution in [2.45, 2.75) is 6.92 Å². The fourth-order valence-electron chi connectivity index (χ4n) is 0.176. The molecule has 0 aliphatic heterocycles. The smallest absolute Gasteiger partial charge is 0.300 e. The summed E-state index contributed by atoms with van der Waals surface area (Å²) >= 11 is 1.60. The fourth-order valence-corrected chi connectivity index (χ4v) is 0.527. The molecule has 5 heteroatoms. The summed E-state index contributed by atoms with van der Waals surface area (Å²) in [5, 5.41) is 9.35. The predicted molar refractivity (Wildman–Crippen MR) is 45.8 cm³/mol. The number of rotatable bonds is 0. The van der Waals surface area contributed by atoms with Crippen LogP contribution >= 0.6 is 24.8 Å². The normalized spacial score (nSPS) is 6.50. The summed E-state index contributed by atoms with van der Waals surface area (Å²) in [6.07, 6.45) is 1.77. The van der Waals surface area contributed by atoms with Gasteiger partial charge in [-0.25, -0.2) is 0 Å². The Bertz CT molecular complexity index is 131. The van der Waals surface area contributed by atoms with Gasteiger partial charge in [-0.15, -0.1) is 11.3 Å². The maximum absolute atomic E-state index is 9.00. The topological polar surface area (TPSA) is 50.2 Å². The van der Waals surface area contributed by atoms with Crippen molar-refractivity contribution in [3.8, 4) is 0 Å². The van der Waals surface area contributed by atoms with Gasteiger partial charge in [-0.3, -0.25) is 9.78 Å². The first kappa shape index (κ1) is 12.2. The van der Waals surface area contributed by atoms with Crippen molar-refractivity contribution in [3.63, 3.8) is 0 Å². The van der Waals surface area contributed by atoms with E-state index >= 15 is 0 Å². The van der Waals surface area contributed by atoms with Crippen molar-refractivity contribution in [1.29, 1.82) is 0 Å². The Labute approximate surface area is 70.2 Å². The Morgan fingerprint density at radius 1 is 1.70 bits per heavy atom. The molecule has 0 aliphatic carbocycles. The average molecular weight is 179 g/mol. The highest BCUT2D eigenvalue weighted by atomic mass is 32.1. The third-order valence-electron chi connectivity index (χ3n) is 0.347. The number of hydrogen-bond acceptors (Lipinski definition) is 3. The minimum Gasteiger partial charge on any atom is -0.481 e. The van der Waals surface area contributed by atoms with Crippen LogP contribution in [-0.2, 0) is 4.79 Å². The maximum atomic E-state index is 9.00. The first-order chi connectivity index (χ1) is 4.23. The van der Waals surface area contributed by atoms with Crippen molar-refractivity contribution in [1.82, 2.24) is 4.98 Å². The molecular formula is C5H9NO2S2. The molecule has 0 spiro atoms. The van der Waals surface area contributed by atoms with Gasteiger partial charge in [-0.2, -0.15) is 13.5 Å².